The van der Waals surface area contributed by atoms with Crippen molar-refractivity contribution in [2.24, 2.45) is 0 Å². The minimum Gasteiger partial charge on any atom is -0.353 e. The number of amides is 1. The molecule has 3 aromatic rings. The highest BCUT2D eigenvalue weighted by atomic mass is 16.2. The van der Waals surface area contributed by atoms with Crippen LogP contribution in [0.4, 0.5) is 5.82 Å². The Morgan fingerprint density at radius 3 is 2.32 bits per heavy atom. The van der Waals surface area contributed by atoms with E-state index in [1.807, 2.05) is 30.3 Å². The van der Waals surface area contributed by atoms with E-state index in [-0.39, 0.29) is 12.3 Å². The predicted octanol–water partition coefficient (Wildman–Crippen LogP) is 2.95. The summed E-state index contributed by atoms with van der Waals surface area (Å²) in [5, 5.41) is 12.2. The Morgan fingerprint density at radius 2 is 1.60 bits per heavy atom. The van der Waals surface area contributed by atoms with Gasteiger partial charge in [0.2, 0.25) is 5.91 Å². The van der Waals surface area contributed by atoms with Gasteiger partial charge in [-0.3, -0.25) is 4.79 Å². The lowest BCUT2D eigenvalue weighted by atomic mass is 10.1. The Bertz CT molecular complexity index is 984. The normalized spacial score (nSPS) is 14.7. The molecule has 1 aliphatic rings. The zero-order valence-electron chi connectivity index (χ0n) is 13.9. The second-order valence-corrected chi connectivity index (χ2v) is 6.20. The number of benzene rings is 2. The lowest BCUT2D eigenvalue weighted by Crippen LogP contribution is -2.49. The number of carbonyl (C=O) groups excluding carboxylic acids is 1. The maximum absolute atomic E-state index is 11.9. The number of hydrogen-bond acceptors (Lipinski definition) is 4. The van der Waals surface area contributed by atoms with Crippen molar-refractivity contribution in [2.75, 3.05) is 31.1 Å². The molecule has 1 aromatic heterocycles. The van der Waals surface area contributed by atoms with Crippen LogP contribution in [0, 0.1) is 11.3 Å². The molecule has 0 radical (unpaired) electrons. The molecule has 4 rings (SSSR count). The molecule has 124 valence electrons. The summed E-state index contributed by atoms with van der Waals surface area (Å²) in [6, 6.07) is 18.5. The molecule has 0 unspecified atom stereocenters. The third kappa shape index (κ3) is 2.76. The van der Waals surface area contributed by atoms with Gasteiger partial charge in [0.25, 0.3) is 0 Å². The summed E-state index contributed by atoms with van der Waals surface area (Å²) in [6.07, 6.45) is -0.0445. The quantitative estimate of drug-likeness (QED) is 0.678. The smallest absolute Gasteiger partial charge is 0.236 e. The molecule has 0 bridgehead atoms. The van der Waals surface area contributed by atoms with Crippen molar-refractivity contribution >= 4 is 33.4 Å². The summed E-state index contributed by atoms with van der Waals surface area (Å²) < 4.78 is 0. The van der Waals surface area contributed by atoms with Crippen molar-refractivity contribution in [3.05, 3.63) is 48.5 Å². The van der Waals surface area contributed by atoms with Gasteiger partial charge < -0.3 is 9.80 Å². The first-order valence-corrected chi connectivity index (χ1v) is 8.45. The molecule has 0 aliphatic carbocycles. The van der Waals surface area contributed by atoms with Gasteiger partial charge in [0, 0.05) is 37.0 Å². The number of pyridine rings is 1. The molecular weight excluding hydrogens is 312 g/mol. The van der Waals surface area contributed by atoms with Crippen molar-refractivity contribution in [1.82, 2.24) is 9.88 Å². The van der Waals surface area contributed by atoms with Gasteiger partial charge in [-0.15, -0.1) is 0 Å². The van der Waals surface area contributed by atoms with Gasteiger partial charge >= 0.3 is 0 Å². The molecule has 5 nitrogen and oxygen atoms in total. The van der Waals surface area contributed by atoms with Crippen molar-refractivity contribution < 1.29 is 4.79 Å². The molecule has 0 atom stereocenters. The average molecular weight is 330 g/mol. The molecule has 1 saturated heterocycles. The second-order valence-electron chi connectivity index (χ2n) is 6.20. The minimum absolute atomic E-state index is 0.0445. The number of piperazine rings is 1. The van der Waals surface area contributed by atoms with E-state index in [1.54, 1.807) is 4.90 Å². The first-order chi connectivity index (χ1) is 12.3. The highest BCUT2D eigenvalue weighted by Gasteiger charge is 2.23. The van der Waals surface area contributed by atoms with Crippen LogP contribution >= 0.6 is 0 Å². The number of nitriles is 1. The maximum atomic E-state index is 11.9. The van der Waals surface area contributed by atoms with Gasteiger partial charge in [0.05, 0.1) is 11.6 Å². The molecule has 0 spiro atoms. The van der Waals surface area contributed by atoms with E-state index < -0.39 is 0 Å². The van der Waals surface area contributed by atoms with Crippen molar-refractivity contribution in [3.8, 4) is 6.07 Å². The molecule has 1 aliphatic heterocycles. The van der Waals surface area contributed by atoms with Crippen LogP contribution in [0.2, 0.25) is 0 Å². The van der Waals surface area contributed by atoms with E-state index in [4.69, 9.17) is 10.2 Å². The number of nitrogens with zero attached hydrogens (tertiary/aromatic N) is 4. The largest absolute Gasteiger partial charge is 0.353 e. The number of hydrogen-bond donors (Lipinski definition) is 0. The lowest BCUT2D eigenvalue weighted by Gasteiger charge is -2.35. The van der Waals surface area contributed by atoms with Gasteiger partial charge in [-0.1, -0.05) is 42.5 Å². The fraction of sp³-hybridized carbons (Fsp3) is 0.250. The van der Waals surface area contributed by atoms with Gasteiger partial charge in [0.1, 0.15) is 12.2 Å². The molecule has 25 heavy (non-hydrogen) atoms. The zero-order chi connectivity index (χ0) is 17.2. The summed E-state index contributed by atoms with van der Waals surface area (Å²) in [4.78, 5) is 20.8. The summed E-state index contributed by atoms with van der Waals surface area (Å²) in [7, 11) is 0. The maximum Gasteiger partial charge on any atom is 0.236 e. The molecular formula is C20H18N4O. The fourth-order valence-corrected chi connectivity index (χ4v) is 3.47. The molecule has 0 saturated carbocycles. The van der Waals surface area contributed by atoms with Crippen molar-refractivity contribution in [2.45, 2.75) is 6.42 Å². The fourth-order valence-electron chi connectivity index (χ4n) is 3.47. The second kappa shape index (κ2) is 6.40. The predicted molar refractivity (Wildman–Crippen MR) is 98.3 cm³/mol. The number of anilines is 1. The highest BCUT2D eigenvalue weighted by Crippen LogP contribution is 2.31. The van der Waals surface area contributed by atoms with Crippen LogP contribution < -0.4 is 4.90 Å². The Hall–Kier alpha value is -3.13. The number of para-hydroxylation sites is 1. The van der Waals surface area contributed by atoms with E-state index in [2.05, 4.69) is 29.2 Å². The lowest BCUT2D eigenvalue weighted by molar-refractivity contribution is -0.130. The number of rotatable bonds is 2. The summed E-state index contributed by atoms with van der Waals surface area (Å²) in [5.41, 5.74) is 0.985. The Balaban J connectivity index is 1.70. The molecule has 1 fully saturated rings. The number of carbonyl (C=O) groups is 1. The third-order valence-corrected chi connectivity index (χ3v) is 4.75. The summed E-state index contributed by atoms with van der Waals surface area (Å²) in [5.74, 6) is 0.889. The van der Waals surface area contributed by atoms with E-state index in [0.29, 0.717) is 13.1 Å². The van der Waals surface area contributed by atoms with E-state index >= 15 is 0 Å². The highest BCUT2D eigenvalue weighted by molar-refractivity contribution is 6.10. The van der Waals surface area contributed by atoms with Crippen molar-refractivity contribution in [1.29, 1.82) is 5.26 Å². The van der Waals surface area contributed by atoms with E-state index in [1.165, 1.54) is 5.39 Å². The molecule has 0 N–H and O–H groups in total. The first-order valence-electron chi connectivity index (χ1n) is 8.45. The summed E-state index contributed by atoms with van der Waals surface area (Å²) >= 11 is 0. The van der Waals surface area contributed by atoms with Crippen LogP contribution in [0.25, 0.3) is 21.7 Å². The Morgan fingerprint density at radius 1 is 0.960 bits per heavy atom. The molecule has 1 amide bonds. The van der Waals surface area contributed by atoms with Crippen LogP contribution in [-0.2, 0) is 4.79 Å². The van der Waals surface area contributed by atoms with Crippen LogP contribution in [0.1, 0.15) is 6.42 Å². The molecule has 2 heterocycles. The van der Waals surface area contributed by atoms with Crippen LogP contribution in [0.3, 0.4) is 0 Å². The standard InChI is InChI=1S/C20H18N4O/c21-10-9-19(25)23-11-13-24(14-12-23)20-17-7-2-1-5-15(17)16-6-3-4-8-18(16)22-20/h1-8H,9,11-14H2. The monoisotopic (exact) mass is 330 g/mol. The van der Waals surface area contributed by atoms with Gasteiger partial charge in [-0.05, 0) is 11.5 Å². The molecule has 5 heteroatoms. The van der Waals surface area contributed by atoms with Gasteiger partial charge in [-0.2, -0.15) is 5.26 Å². The van der Waals surface area contributed by atoms with Gasteiger partial charge in [0.15, 0.2) is 0 Å². The first kappa shape index (κ1) is 15.4. The summed E-state index contributed by atoms with van der Waals surface area (Å²) in [6.45, 7) is 2.71. The van der Waals surface area contributed by atoms with Crippen LogP contribution in [0.15, 0.2) is 48.5 Å². The van der Waals surface area contributed by atoms with Crippen LogP contribution in [0.5, 0.6) is 0 Å². The minimum atomic E-state index is -0.0847. The number of fused-ring (bicyclic) bond motifs is 3. The van der Waals surface area contributed by atoms with E-state index in [9.17, 15) is 4.79 Å². The van der Waals surface area contributed by atoms with E-state index in [0.717, 1.165) is 35.2 Å². The number of aromatic nitrogens is 1. The third-order valence-electron chi connectivity index (χ3n) is 4.75. The molecule has 2 aromatic carbocycles. The Labute approximate surface area is 146 Å². The van der Waals surface area contributed by atoms with Crippen LogP contribution in [-0.4, -0.2) is 42.0 Å². The Kier molecular flexibility index (Phi) is 3.95. The average Bonchev–Trinajstić information content (AvgIpc) is 2.68. The van der Waals surface area contributed by atoms with Crippen molar-refractivity contribution in [3.63, 3.8) is 0 Å². The zero-order valence-corrected chi connectivity index (χ0v) is 13.9. The van der Waals surface area contributed by atoms with Gasteiger partial charge in [-0.25, -0.2) is 4.98 Å². The topological polar surface area (TPSA) is 60.2 Å². The SMILES string of the molecule is N#CCC(=O)N1CCN(c2nc3ccccc3c3ccccc23)CC1.